The summed E-state index contributed by atoms with van der Waals surface area (Å²) in [4.78, 5) is 34.7. The summed E-state index contributed by atoms with van der Waals surface area (Å²) in [5, 5.41) is 14.0. The molecule has 0 aliphatic carbocycles. The number of fused-ring (bicyclic) bond motifs is 1. The van der Waals surface area contributed by atoms with Crippen molar-refractivity contribution in [1.82, 2.24) is 40.4 Å². The van der Waals surface area contributed by atoms with Crippen LogP contribution in [0, 0.1) is 5.82 Å². The Hall–Kier alpha value is -4.38. The Bertz CT molecular complexity index is 1620. The molecule has 0 bridgehead atoms. The van der Waals surface area contributed by atoms with Gasteiger partial charge in [-0.2, -0.15) is 4.68 Å². The third-order valence-electron chi connectivity index (χ3n) is 7.55. The predicted octanol–water partition coefficient (Wildman–Crippen LogP) is 4.56. The molecule has 1 fully saturated rings. The lowest BCUT2D eigenvalue weighted by Crippen LogP contribution is -2.39. The first kappa shape index (κ1) is 25.9. The van der Waals surface area contributed by atoms with Gasteiger partial charge >= 0.3 is 0 Å². The van der Waals surface area contributed by atoms with Gasteiger partial charge in [0.2, 0.25) is 11.8 Å². The highest BCUT2D eigenvalue weighted by molar-refractivity contribution is 6.31. The molecule has 204 valence electrons. The number of tetrazole rings is 1. The number of aromatic nitrogens is 6. The molecule has 0 saturated carbocycles. The van der Waals surface area contributed by atoms with Crippen LogP contribution in [0.15, 0.2) is 55.0 Å². The standard InChI is InChI=1S/C28H26ClFN8O2/c1-15(33-16(2)39)17-3-5-18(6-4-17)22-13-31-28(34-22)24-9-7-20-11-19(12-25(40)38(20)24)26-23(37-14-32-35-36-37)10-8-21(29)27(26)30/h3-6,8,10,12-15,20,24H,7,9,11H2,1-2H3,(H,31,34)(H,33,39)/t15?,20?,24-/m0/s1. The molecule has 12 heteroatoms. The second-order valence-electron chi connectivity index (χ2n) is 10.1. The van der Waals surface area contributed by atoms with Gasteiger partial charge in [0.15, 0.2) is 5.82 Å². The Balaban J connectivity index is 1.25. The van der Waals surface area contributed by atoms with Gasteiger partial charge in [0.1, 0.15) is 12.2 Å². The van der Waals surface area contributed by atoms with Crippen LogP contribution in [0.1, 0.15) is 62.1 Å². The fraction of sp³-hybridized carbons (Fsp3) is 0.286. The van der Waals surface area contributed by atoms with Crippen molar-refractivity contribution in [2.24, 2.45) is 0 Å². The molecule has 2 unspecified atom stereocenters. The Morgan fingerprint density at radius 2 is 2.00 bits per heavy atom. The van der Waals surface area contributed by atoms with Crippen LogP contribution in [0.2, 0.25) is 5.02 Å². The van der Waals surface area contributed by atoms with E-state index in [1.165, 1.54) is 30.1 Å². The molecule has 2 aromatic heterocycles. The SMILES string of the molecule is CC(=O)NC(C)c1ccc(-c2cnc([C@@H]3CCC4CC(c5c(-n6cnnn6)ccc(Cl)c5F)=CC(=O)N43)[nH]2)cc1. The molecule has 0 radical (unpaired) electrons. The summed E-state index contributed by atoms with van der Waals surface area (Å²) in [6.07, 6.45) is 6.58. The molecule has 2 aliphatic rings. The number of hydrogen-bond donors (Lipinski definition) is 2. The average Bonchev–Trinajstić information content (AvgIpc) is 3.71. The number of nitrogens with one attached hydrogen (secondary N) is 2. The summed E-state index contributed by atoms with van der Waals surface area (Å²) >= 11 is 6.13. The normalized spacial score (nSPS) is 19.4. The molecular formula is C28H26ClFN8O2. The molecule has 2 N–H and O–H groups in total. The molecule has 0 spiro atoms. The van der Waals surface area contributed by atoms with Crippen LogP contribution in [-0.2, 0) is 9.59 Å². The van der Waals surface area contributed by atoms with Gasteiger partial charge in [-0.3, -0.25) is 9.59 Å². The van der Waals surface area contributed by atoms with Gasteiger partial charge in [0.25, 0.3) is 0 Å². The quantitative estimate of drug-likeness (QED) is 0.356. The highest BCUT2D eigenvalue weighted by Crippen LogP contribution is 2.44. The molecule has 1 saturated heterocycles. The van der Waals surface area contributed by atoms with Crippen LogP contribution in [0.3, 0.4) is 0 Å². The molecule has 2 aliphatic heterocycles. The van der Waals surface area contributed by atoms with Crippen molar-refractivity contribution in [3.8, 4) is 16.9 Å². The molecule has 10 nitrogen and oxygen atoms in total. The van der Waals surface area contributed by atoms with Crippen LogP contribution in [0.5, 0.6) is 0 Å². The van der Waals surface area contributed by atoms with E-state index in [1.807, 2.05) is 36.1 Å². The molecule has 6 rings (SSSR count). The third-order valence-corrected chi connectivity index (χ3v) is 7.84. The number of amides is 2. The van der Waals surface area contributed by atoms with E-state index in [0.717, 1.165) is 29.7 Å². The Morgan fingerprint density at radius 1 is 1.20 bits per heavy atom. The first-order chi connectivity index (χ1) is 19.3. The van der Waals surface area contributed by atoms with E-state index in [1.54, 1.807) is 12.3 Å². The number of aromatic amines is 1. The van der Waals surface area contributed by atoms with E-state index in [-0.39, 0.29) is 40.5 Å². The molecular weight excluding hydrogens is 535 g/mol. The second-order valence-corrected chi connectivity index (χ2v) is 10.5. The molecule has 2 amide bonds. The van der Waals surface area contributed by atoms with Crippen LogP contribution in [-0.4, -0.2) is 52.9 Å². The van der Waals surface area contributed by atoms with E-state index in [4.69, 9.17) is 11.6 Å². The first-order valence-electron chi connectivity index (χ1n) is 13.0. The van der Waals surface area contributed by atoms with Gasteiger partial charge in [-0.1, -0.05) is 35.9 Å². The van der Waals surface area contributed by atoms with Gasteiger partial charge in [0, 0.05) is 24.6 Å². The number of halogens is 2. The molecule has 40 heavy (non-hydrogen) atoms. The summed E-state index contributed by atoms with van der Waals surface area (Å²) in [7, 11) is 0. The van der Waals surface area contributed by atoms with Gasteiger partial charge in [-0.05, 0) is 65.4 Å². The molecule has 4 heterocycles. The summed E-state index contributed by atoms with van der Waals surface area (Å²) in [5.41, 5.74) is 4.00. The number of H-pyrrole nitrogens is 1. The van der Waals surface area contributed by atoms with E-state index in [9.17, 15) is 9.59 Å². The Labute approximate surface area is 234 Å². The summed E-state index contributed by atoms with van der Waals surface area (Å²) in [6.45, 7) is 3.43. The number of nitrogens with zero attached hydrogens (tertiary/aromatic N) is 6. The monoisotopic (exact) mass is 560 g/mol. The Morgan fingerprint density at radius 3 is 2.73 bits per heavy atom. The van der Waals surface area contributed by atoms with E-state index in [2.05, 4.69) is 30.8 Å². The number of benzene rings is 2. The van der Waals surface area contributed by atoms with Crippen LogP contribution in [0.4, 0.5) is 4.39 Å². The van der Waals surface area contributed by atoms with Crippen molar-refractivity contribution >= 4 is 29.0 Å². The molecule has 4 aromatic rings. The fourth-order valence-corrected chi connectivity index (χ4v) is 5.85. The van der Waals surface area contributed by atoms with Crippen molar-refractivity contribution in [1.29, 1.82) is 0 Å². The number of rotatable bonds is 6. The maximum atomic E-state index is 15.3. The second kappa shape index (κ2) is 10.3. The van der Waals surface area contributed by atoms with Crippen LogP contribution >= 0.6 is 11.6 Å². The smallest absolute Gasteiger partial charge is 0.247 e. The third kappa shape index (κ3) is 4.66. The zero-order chi connectivity index (χ0) is 28.0. The van der Waals surface area contributed by atoms with E-state index in [0.29, 0.717) is 23.5 Å². The molecule has 2 aromatic carbocycles. The zero-order valence-corrected chi connectivity index (χ0v) is 22.6. The number of hydrogen-bond acceptors (Lipinski definition) is 6. The number of carbonyl (C=O) groups excluding carboxylic acids is 2. The van der Waals surface area contributed by atoms with Crippen molar-refractivity contribution in [2.75, 3.05) is 0 Å². The minimum atomic E-state index is -0.607. The number of imidazole rings is 1. The van der Waals surface area contributed by atoms with Crippen molar-refractivity contribution in [3.63, 3.8) is 0 Å². The van der Waals surface area contributed by atoms with Crippen LogP contribution < -0.4 is 5.32 Å². The first-order valence-corrected chi connectivity index (χ1v) is 13.3. The average molecular weight is 561 g/mol. The summed E-state index contributed by atoms with van der Waals surface area (Å²) < 4.78 is 16.7. The largest absolute Gasteiger partial charge is 0.350 e. The van der Waals surface area contributed by atoms with Gasteiger partial charge in [-0.25, -0.2) is 9.37 Å². The van der Waals surface area contributed by atoms with Crippen molar-refractivity contribution < 1.29 is 14.0 Å². The lowest BCUT2D eigenvalue weighted by Gasteiger charge is -2.33. The zero-order valence-electron chi connectivity index (χ0n) is 21.8. The fourth-order valence-electron chi connectivity index (χ4n) is 5.70. The lowest BCUT2D eigenvalue weighted by atomic mass is 9.92. The minimum Gasteiger partial charge on any atom is -0.350 e. The van der Waals surface area contributed by atoms with Gasteiger partial charge < -0.3 is 15.2 Å². The van der Waals surface area contributed by atoms with E-state index >= 15 is 4.39 Å². The summed E-state index contributed by atoms with van der Waals surface area (Å²) in [6, 6.07) is 10.6. The Kier molecular flexibility index (Phi) is 6.67. The maximum absolute atomic E-state index is 15.3. The lowest BCUT2D eigenvalue weighted by molar-refractivity contribution is -0.129. The van der Waals surface area contributed by atoms with Crippen LogP contribution in [0.25, 0.3) is 22.5 Å². The summed E-state index contributed by atoms with van der Waals surface area (Å²) in [5.74, 6) is -0.179. The topological polar surface area (TPSA) is 122 Å². The minimum absolute atomic E-state index is 0.0346. The van der Waals surface area contributed by atoms with Gasteiger partial charge in [0.05, 0.1) is 34.7 Å². The maximum Gasteiger partial charge on any atom is 0.247 e. The van der Waals surface area contributed by atoms with Crippen molar-refractivity contribution in [2.45, 2.75) is 51.2 Å². The molecule has 3 atom stereocenters. The predicted molar refractivity (Wildman–Crippen MR) is 146 cm³/mol. The number of carbonyl (C=O) groups is 2. The van der Waals surface area contributed by atoms with Gasteiger partial charge in [-0.15, -0.1) is 5.10 Å². The highest BCUT2D eigenvalue weighted by atomic mass is 35.5. The van der Waals surface area contributed by atoms with Crippen molar-refractivity contribution in [3.05, 3.63) is 82.8 Å². The highest BCUT2D eigenvalue weighted by Gasteiger charge is 2.42. The van der Waals surface area contributed by atoms with E-state index < -0.39 is 5.82 Å².